The number of rotatable bonds is 3. The molecule has 2 fully saturated rings. The van der Waals surface area contributed by atoms with E-state index in [4.69, 9.17) is 0 Å². The average Bonchev–Trinajstić information content (AvgIpc) is 2.84. The Bertz CT molecular complexity index is 396. The van der Waals surface area contributed by atoms with Crippen LogP contribution in [0.25, 0.3) is 0 Å². The minimum absolute atomic E-state index is 0.102. The maximum atomic E-state index is 12.4. The molecule has 2 heterocycles. The van der Waals surface area contributed by atoms with Gasteiger partial charge in [-0.25, -0.2) is 9.59 Å². The van der Waals surface area contributed by atoms with Crippen molar-refractivity contribution in [2.45, 2.75) is 56.2 Å². The van der Waals surface area contributed by atoms with Crippen molar-refractivity contribution in [1.29, 1.82) is 0 Å². The van der Waals surface area contributed by atoms with Crippen molar-refractivity contribution in [1.82, 2.24) is 10.2 Å². The van der Waals surface area contributed by atoms with E-state index in [0.29, 0.717) is 19.5 Å². The highest BCUT2D eigenvalue weighted by molar-refractivity contribution is 8.00. The van der Waals surface area contributed by atoms with Gasteiger partial charge in [-0.2, -0.15) is 11.8 Å². The molecule has 0 spiro atoms. The Kier molecular flexibility index (Phi) is 4.52. The topological polar surface area (TPSA) is 69.6 Å². The summed E-state index contributed by atoms with van der Waals surface area (Å²) in [6, 6.07) is -0.233. The second kappa shape index (κ2) is 5.84. The third kappa shape index (κ3) is 3.05. The monoisotopic (exact) mass is 300 g/mol. The van der Waals surface area contributed by atoms with Crippen LogP contribution in [-0.4, -0.2) is 51.1 Å². The Morgan fingerprint density at radius 2 is 2.00 bits per heavy atom. The molecule has 0 aliphatic carbocycles. The van der Waals surface area contributed by atoms with E-state index in [0.717, 1.165) is 25.0 Å². The second-order valence-electron chi connectivity index (χ2n) is 6.25. The SMILES string of the molecule is CC1(CNC(=O)N2CCCCC2(C)C(=O)O)CCCS1. The maximum absolute atomic E-state index is 12.4. The summed E-state index contributed by atoms with van der Waals surface area (Å²) in [7, 11) is 0. The van der Waals surface area contributed by atoms with Gasteiger partial charge >= 0.3 is 12.0 Å². The lowest BCUT2D eigenvalue weighted by Crippen LogP contribution is -2.60. The number of likely N-dealkylation sites (tertiary alicyclic amines) is 1. The number of carbonyl (C=O) groups excluding carboxylic acids is 1. The molecule has 0 radical (unpaired) electrons. The number of carboxylic acids is 1. The van der Waals surface area contributed by atoms with Gasteiger partial charge < -0.3 is 15.3 Å². The molecule has 2 amide bonds. The zero-order valence-corrected chi connectivity index (χ0v) is 13.1. The molecule has 2 N–H and O–H groups in total. The zero-order valence-electron chi connectivity index (χ0n) is 12.3. The summed E-state index contributed by atoms with van der Waals surface area (Å²) < 4.78 is 0.102. The zero-order chi connectivity index (χ0) is 14.8. The Balaban J connectivity index is 1.98. The lowest BCUT2D eigenvalue weighted by molar-refractivity contribution is -0.150. The van der Waals surface area contributed by atoms with Crippen LogP contribution in [-0.2, 0) is 4.79 Å². The lowest BCUT2D eigenvalue weighted by Gasteiger charge is -2.41. The summed E-state index contributed by atoms with van der Waals surface area (Å²) in [6.45, 7) is 4.96. The number of piperidine rings is 1. The van der Waals surface area contributed by atoms with E-state index >= 15 is 0 Å². The van der Waals surface area contributed by atoms with Gasteiger partial charge in [0.25, 0.3) is 0 Å². The molecule has 114 valence electrons. The molecule has 0 aromatic heterocycles. The van der Waals surface area contributed by atoms with Gasteiger partial charge in [-0.3, -0.25) is 0 Å². The van der Waals surface area contributed by atoms with Gasteiger partial charge in [0.2, 0.25) is 0 Å². The normalized spacial score (nSPS) is 34.0. The van der Waals surface area contributed by atoms with E-state index in [1.54, 1.807) is 6.92 Å². The van der Waals surface area contributed by atoms with Gasteiger partial charge in [-0.15, -0.1) is 0 Å². The molecule has 2 unspecified atom stereocenters. The standard InChI is InChI=1S/C14H24N2O3S/c1-13(6-5-9-20-13)10-15-12(19)16-8-4-3-7-14(16,2)11(17)18/h3-10H2,1-2H3,(H,15,19)(H,17,18). The third-order valence-corrected chi connectivity index (χ3v) is 6.05. The van der Waals surface area contributed by atoms with Gasteiger partial charge in [0.1, 0.15) is 5.54 Å². The fraction of sp³-hybridized carbons (Fsp3) is 0.857. The number of aliphatic carboxylic acids is 1. The number of hydrogen-bond donors (Lipinski definition) is 2. The van der Waals surface area contributed by atoms with Crippen molar-refractivity contribution in [3.8, 4) is 0 Å². The number of nitrogens with zero attached hydrogens (tertiary/aromatic N) is 1. The highest BCUT2D eigenvalue weighted by atomic mass is 32.2. The predicted molar refractivity (Wildman–Crippen MR) is 80.1 cm³/mol. The van der Waals surface area contributed by atoms with Gasteiger partial charge in [0, 0.05) is 17.8 Å². The number of urea groups is 1. The first kappa shape index (κ1) is 15.5. The molecular weight excluding hydrogens is 276 g/mol. The number of carboxylic acid groups (broad SMARTS) is 1. The molecule has 2 saturated heterocycles. The molecule has 20 heavy (non-hydrogen) atoms. The number of amides is 2. The summed E-state index contributed by atoms with van der Waals surface area (Å²) in [6.07, 6.45) is 4.56. The molecule has 6 heteroatoms. The molecule has 0 aromatic carbocycles. The van der Waals surface area contributed by atoms with E-state index < -0.39 is 11.5 Å². The average molecular weight is 300 g/mol. The fourth-order valence-corrected chi connectivity index (χ4v) is 4.25. The summed E-state index contributed by atoms with van der Waals surface area (Å²) >= 11 is 1.89. The van der Waals surface area contributed by atoms with Crippen molar-refractivity contribution < 1.29 is 14.7 Å². The van der Waals surface area contributed by atoms with Crippen LogP contribution in [0.5, 0.6) is 0 Å². The third-order valence-electron chi connectivity index (χ3n) is 4.51. The lowest BCUT2D eigenvalue weighted by atomic mass is 9.89. The number of carbonyl (C=O) groups is 2. The number of thioether (sulfide) groups is 1. The maximum Gasteiger partial charge on any atom is 0.329 e. The first-order chi connectivity index (χ1) is 9.37. The highest BCUT2D eigenvalue weighted by Crippen LogP contribution is 2.37. The number of nitrogens with one attached hydrogen (secondary N) is 1. The van der Waals surface area contributed by atoms with Crippen LogP contribution in [0.2, 0.25) is 0 Å². The van der Waals surface area contributed by atoms with Crippen LogP contribution >= 0.6 is 11.8 Å². The molecule has 0 aromatic rings. The minimum Gasteiger partial charge on any atom is -0.480 e. The Morgan fingerprint density at radius 3 is 2.60 bits per heavy atom. The second-order valence-corrected chi connectivity index (χ2v) is 7.93. The Labute approximate surface area is 124 Å². The van der Waals surface area contributed by atoms with Crippen LogP contribution < -0.4 is 5.32 Å². The van der Waals surface area contributed by atoms with E-state index in [-0.39, 0.29) is 10.8 Å². The van der Waals surface area contributed by atoms with E-state index in [1.165, 1.54) is 11.3 Å². The highest BCUT2D eigenvalue weighted by Gasteiger charge is 2.44. The van der Waals surface area contributed by atoms with Crippen LogP contribution in [0.15, 0.2) is 0 Å². The Morgan fingerprint density at radius 1 is 1.25 bits per heavy atom. The van der Waals surface area contributed by atoms with Crippen LogP contribution in [0.4, 0.5) is 4.79 Å². The van der Waals surface area contributed by atoms with E-state index in [9.17, 15) is 14.7 Å². The van der Waals surface area contributed by atoms with Crippen LogP contribution in [0.3, 0.4) is 0 Å². The van der Waals surface area contributed by atoms with Crippen LogP contribution in [0.1, 0.15) is 46.0 Å². The minimum atomic E-state index is -1.06. The van der Waals surface area contributed by atoms with E-state index in [1.807, 2.05) is 11.8 Å². The summed E-state index contributed by atoms with van der Waals surface area (Å²) in [5.41, 5.74) is -1.06. The molecule has 2 atom stereocenters. The summed E-state index contributed by atoms with van der Waals surface area (Å²) in [5, 5.41) is 12.4. The first-order valence-electron chi connectivity index (χ1n) is 7.30. The fourth-order valence-electron chi connectivity index (χ4n) is 3.00. The van der Waals surface area contributed by atoms with Gasteiger partial charge in [0.05, 0.1) is 0 Å². The smallest absolute Gasteiger partial charge is 0.329 e. The molecular formula is C14H24N2O3S. The van der Waals surface area contributed by atoms with Crippen molar-refractivity contribution in [3.63, 3.8) is 0 Å². The van der Waals surface area contributed by atoms with Crippen molar-refractivity contribution in [3.05, 3.63) is 0 Å². The predicted octanol–water partition coefficient (Wildman–Crippen LogP) is 2.31. The van der Waals surface area contributed by atoms with Gasteiger partial charge in [-0.1, -0.05) is 0 Å². The number of hydrogen-bond acceptors (Lipinski definition) is 3. The van der Waals surface area contributed by atoms with Crippen molar-refractivity contribution in [2.75, 3.05) is 18.8 Å². The summed E-state index contributed by atoms with van der Waals surface area (Å²) in [4.78, 5) is 25.3. The molecule has 2 aliphatic heterocycles. The van der Waals surface area contributed by atoms with Gasteiger partial charge in [-0.05, 0) is 51.7 Å². The largest absolute Gasteiger partial charge is 0.480 e. The van der Waals surface area contributed by atoms with Gasteiger partial charge in [0.15, 0.2) is 0 Å². The molecule has 0 saturated carbocycles. The van der Waals surface area contributed by atoms with E-state index in [2.05, 4.69) is 12.2 Å². The molecule has 0 bridgehead atoms. The van der Waals surface area contributed by atoms with Crippen molar-refractivity contribution in [2.24, 2.45) is 0 Å². The Hall–Kier alpha value is -0.910. The summed E-state index contributed by atoms with van der Waals surface area (Å²) in [5.74, 6) is 0.233. The van der Waals surface area contributed by atoms with Crippen LogP contribution in [0, 0.1) is 0 Å². The molecule has 2 aliphatic rings. The first-order valence-corrected chi connectivity index (χ1v) is 8.29. The van der Waals surface area contributed by atoms with Crippen molar-refractivity contribution >= 4 is 23.8 Å². The molecule has 5 nitrogen and oxygen atoms in total. The quantitative estimate of drug-likeness (QED) is 0.839. The molecule has 2 rings (SSSR count).